The standard InChI is InChI=1S/C11H11F3N2O5/c12-11(13,14)6-21-4-3-15-10(18)7-1-2-9(17)8(5-7)16(19)20/h1-2,5,17H,3-4,6H2,(H,15,18). The molecule has 0 saturated carbocycles. The average Bonchev–Trinajstić information content (AvgIpc) is 2.36. The lowest BCUT2D eigenvalue weighted by atomic mass is 10.2. The largest absolute Gasteiger partial charge is 0.502 e. The van der Waals surface area contributed by atoms with Crippen LogP contribution in [-0.2, 0) is 4.74 Å². The first kappa shape index (κ1) is 16.7. The lowest BCUT2D eigenvalue weighted by molar-refractivity contribution is -0.385. The third kappa shape index (κ3) is 5.65. The van der Waals surface area contributed by atoms with Crippen LogP contribution >= 0.6 is 0 Å². The van der Waals surface area contributed by atoms with Gasteiger partial charge in [-0.2, -0.15) is 13.2 Å². The molecule has 0 fully saturated rings. The molecule has 0 radical (unpaired) electrons. The Hall–Kier alpha value is -2.36. The summed E-state index contributed by atoms with van der Waals surface area (Å²) in [6.45, 7) is -1.97. The minimum Gasteiger partial charge on any atom is -0.502 e. The van der Waals surface area contributed by atoms with Crippen LogP contribution in [0.5, 0.6) is 5.75 Å². The van der Waals surface area contributed by atoms with Crippen LogP contribution in [0.15, 0.2) is 18.2 Å². The SMILES string of the molecule is O=C(NCCOCC(F)(F)F)c1ccc(O)c([N+](=O)[O-])c1. The summed E-state index contributed by atoms with van der Waals surface area (Å²) in [7, 11) is 0. The van der Waals surface area contributed by atoms with E-state index in [-0.39, 0.29) is 18.7 Å². The van der Waals surface area contributed by atoms with Gasteiger partial charge in [0.1, 0.15) is 6.61 Å². The Morgan fingerprint density at radius 3 is 2.67 bits per heavy atom. The molecule has 116 valence electrons. The third-order valence-corrected chi connectivity index (χ3v) is 2.23. The summed E-state index contributed by atoms with van der Waals surface area (Å²) in [6.07, 6.45) is -4.44. The zero-order valence-electron chi connectivity index (χ0n) is 10.5. The van der Waals surface area contributed by atoms with Gasteiger partial charge in [-0.3, -0.25) is 14.9 Å². The Morgan fingerprint density at radius 1 is 1.43 bits per heavy atom. The fourth-order valence-corrected chi connectivity index (χ4v) is 1.34. The molecule has 0 atom stereocenters. The summed E-state index contributed by atoms with van der Waals surface area (Å²) in [5.41, 5.74) is -0.744. The first-order chi connectivity index (χ1) is 9.70. The third-order valence-electron chi connectivity index (χ3n) is 2.23. The van der Waals surface area contributed by atoms with Gasteiger partial charge in [0, 0.05) is 18.2 Å². The van der Waals surface area contributed by atoms with Gasteiger partial charge in [-0.05, 0) is 12.1 Å². The monoisotopic (exact) mass is 308 g/mol. The lowest BCUT2D eigenvalue weighted by Crippen LogP contribution is -2.28. The molecule has 0 aliphatic heterocycles. The van der Waals surface area contributed by atoms with Crippen molar-refractivity contribution in [3.05, 3.63) is 33.9 Å². The quantitative estimate of drug-likeness (QED) is 0.472. The number of nitro groups is 1. The Bertz CT molecular complexity index is 533. The van der Waals surface area contributed by atoms with Crippen LogP contribution in [0, 0.1) is 10.1 Å². The van der Waals surface area contributed by atoms with Gasteiger partial charge < -0.3 is 15.2 Å². The number of hydrogen-bond acceptors (Lipinski definition) is 5. The minimum absolute atomic E-state index is 0.102. The van der Waals surface area contributed by atoms with Crippen molar-refractivity contribution < 1.29 is 32.7 Å². The van der Waals surface area contributed by atoms with Crippen molar-refractivity contribution in [1.82, 2.24) is 5.32 Å². The first-order valence-electron chi connectivity index (χ1n) is 5.61. The summed E-state index contributed by atoms with van der Waals surface area (Å²) in [5, 5.41) is 22.0. The number of halogens is 3. The van der Waals surface area contributed by atoms with Crippen LogP contribution in [0.2, 0.25) is 0 Å². The van der Waals surface area contributed by atoms with Gasteiger partial charge in [0.2, 0.25) is 0 Å². The maximum absolute atomic E-state index is 11.8. The number of ether oxygens (including phenoxy) is 1. The van der Waals surface area contributed by atoms with Crippen LogP contribution in [0.3, 0.4) is 0 Å². The molecule has 0 aliphatic carbocycles. The molecule has 0 spiro atoms. The predicted octanol–water partition coefficient (Wildman–Crippen LogP) is 1.61. The van der Waals surface area contributed by atoms with E-state index in [0.29, 0.717) is 0 Å². The summed E-state index contributed by atoms with van der Waals surface area (Å²) in [4.78, 5) is 21.3. The molecule has 1 rings (SSSR count). The fraction of sp³-hybridized carbons (Fsp3) is 0.364. The van der Waals surface area contributed by atoms with Gasteiger partial charge in [-0.15, -0.1) is 0 Å². The van der Waals surface area contributed by atoms with Crippen molar-refractivity contribution in [3.8, 4) is 5.75 Å². The molecule has 0 saturated heterocycles. The highest BCUT2D eigenvalue weighted by molar-refractivity contribution is 5.95. The average molecular weight is 308 g/mol. The molecule has 1 amide bonds. The van der Waals surface area contributed by atoms with Crippen molar-refractivity contribution in [2.45, 2.75) is 6.18 Å². The molecule has 0 aliphatic rings. The summed E-state index contributed by atoms with van der Waals surface area (Å²) >= 11 is 0. The van der Waals surface area contributed by atoms with E-state index in [4.69, 9.17) is 0 Å². The number of nitrogens with one attached hydrogen (secondary N) is 1. The Kier molecular flexibility index (Phi) is 5.47. The van der Waals surface area contributed by atoms with E-state index in [1.165, 1.54) is 0 Å². The van der Waals surface area contributed by atoms with Crippen molar-refractivity contribution in [2.24, 2.45) is 0 Å². The predicted molar refractivity (Wildman–Crippen MR) is 64.0 cm³/mol. The van der Waals surface area contributed by atoms with Crippen LogP contribution in [0.1, 0.15) is 10.4 Å². The van der Waals surface area contributed by atoms with Gasteiger partial charge in [-0.1, -0.05) is 0 Å². The molecule has 0 bridgehead atoms. The van der Waals surface area contributed by atoms with Gasteiger partial charge >= 0.3 is 11.9 Å². The highest BCUT2D eigenvalue weighted by atomic mass is 19.4. The molecular weight excluding hydrogens is 297 g/mol. The minimum atomic E-state index is -4.44. The number of phenols is 1. The molecule has 7 nitrogen and oxygen atoms in total. The number of phenolic OH excluding ortho intramolecular Hbond substituents is 1. The number of carbonyl (C=O) groups is 1. The smallest absolute Gasteiger partial charge is 0.411 e. The normalized spacial score (nSPS) is 11.2. The number of nitro benzene ring substituents is 1. The van der Waals surface area contributed by atoms with E-state index < -0.39 is 35.1 Å². The van der Waals surface area contributed by atoms with Crippen molar-refractivity contribution in [3.63, 3.8) is 0 Å². The highest BCUT2D eigenvalue weighted by Gasteiger charge is 2.27. The van der Waals surface area contributed by atoms with Gasteiger partial charge in [0.05, 0.1) is 11.5 Å². The molecule has 0 heterocycles. The van der Waals surface area contributed by atoms with Crippen molar-refractivity contribution >= 4 is 11.6 Å². The second-order valence-electron chi connectivity index (χ2n) is 3.88. The maximum atomic E-state index is 11.8. The number of rotatable bonds is 6. The van der Waals surface area contributed by atoms with Gasteiger partial charge in [0.25, 0.3) is 5.91 Å². The number of amides is 1. The van der Waals surface area contributed by atoms with E-state index in [2.05, 4.69) is 10.1 Å². The fourth-order valence-electron chi connectivity index (χ4n) is 1.34. The summed E-state index contributed by atoms with van der Waals surface area (Å²) in [6, 6.07) is 2.99. The van der Waals surface area contributed by atoms with E-state index in [0.717, 1.165) is 18.2 Å². The summed E-state index contributed by atoms with van der Waals surface area (Å²) < 4.78 is 39.6. The summed E-state index contributed by atoms with van der Waals surface area (Å²) in [5.74, 6) is -1.32. The number of hydrogen-bond donors (Lipinski definition) is 2. The first-order valence-corrected chi connectivity index (χ1v) is 5.61. The van der Waals surface area contributed by atoms with Gasteiger partial charge in [-0.25, -0.2) is 0 Å². The number of aromatic hydroxyl groups is 1. The topological polar surface area (TPSA) is 102 Å². The molecule has 1 aromatic rings. The second-order valence-corrected chi connectivity index (χ2v) is 3.88. The van der Waals surface area contributed by atoms with E-state index in [9.17, 15) is 33.2 Å². The van der Waals surface area contributed by atoms with E-state index in [1.807, 2.05) is 0 Å². The van der Waals surface area contributed by atoms with Crippen molar-refractivity contribution in [2.75, 3.05) is 19.8 Å². The van der Waals surface area contributed by atoms with Crippen molar-refractivity contribution in [1.29, 1.82) is 0 Å². The highest BCUT2D eigenvalue weighted by Crippen LogP contribution is 2.26. The Balaban J connectivity index is 2.49. The molecule has 10 heteroatoms. The van der Waals surface area contributed by atoms with Crippen LogP contribution in [0.25, 0.3) is 0 Å². The van der Waals surface area contributed by atoms with Crippen LogP contribution < -0.4 is 5.32 Å². The molecule has 0 aromatic heterocycles. The zero-order valence-corrected chi connectivity index (χ0v) is 10.5. The molecule has 1 aromatic carbocycles. The van der Waals surface area contributed by atoms with E-state index in [1.54, 1.807) is 0 Å². The lowest BCUT2D eigenvalue weighted by Gasteiger charge is -2.08. The molecule has 21 heavy (non-hydrogen) atoms. The van der Waals surface area contributed by atoms with Crippen LogP contribution in [0.4, 0.5) is 18.9 Å². The van der Waals surface area contributed by atoms with Gasteiger partial charge in [0.15, 0.2) is 5.75 Å². The number of alkyl halides is 3. The molecule has 0 unspecified atom stereocenters. The number of nitrogens with zero attached hydrogens (tertiary/aromatic N) is 1. The maximum Gasteiger partial charge on any atom is 0.411 e. The molecule has 2 N–H and O–H groups in total. The zero-order chi connectivity index (χ0) is 16.0. The van der Waals surface area contributed by atoms with E-state index >= 15 is 0 Å². The Labute approximate surface area is 116 Å². The van der Waals surface area contributed by atoms with Crippen LogP contribution in [-0.4, -0.2) is 41.9 Å². The number of benzene rings is 1. The number of carbonyl (C=O) groups excluding carboxylic acids is 1. The Morgan fingerprint density at radius 2 is 2.10 bits per heavy atom. The second kappa shape index (κ2) is 6.88. The molecular formula is C11H11F3N2O5.